The van der Waals surface area contributed by atoms with E-state index >= 15 is 0 Å². The second-order valence-electron chi connectivity index (χ2n) is 4.61. The highest BCUT2D eigenvalue weighted by molar-refractivity contribution is 7.08. The van der Waals surface area contributed by atoms with Gasteiger partial charge in [0, 0.05) is 6.54 Å². The summed E-state index contributed by atoms with van der Waals surface area (Å²) in [6.07, 6.45) is 2.34. The second kappa shape index (κ2) is 6.62. The fraction of sp³-hybridized carbons (Fsp3) is 0.462. The van der Waals surface area contributed by atoms with E-state index in [1.54, 1.807) is 6.26 Å². The first-order valence-corrected chi connectivity index (χ1v) is 7.20. The summed E-state index contributed by atoms with van der Waals surface area (Å²) in [5.41, 5.74) is 0.743. The van der Waals surface area contributed by atoms with Gasteiger partial charge in [-0.05, 0) is 44.2 Å². The minimum absolute atomic E-state index is 0.0000860. The van der Waals surface area contributed by atoms with Crippen molar-refractivity contribution in [3.05, 3.63) is 34.7 Å². The maximum atomic E-state index is 12.2. The van der Waals surface area contributed by atoms with Crippen LogP contribution in [0.5, 0.6) is 0 Å². The summed E-state index contributed by atoms with van der Waals surface area (Å²) in [7, 11) is 3.90. The average Bonchev–Trinajstić information content (AvgIpc) is 3.09. The van der Waals surface area contributed by atoms with Crippen LogP contribution < -0.4 is 5.32 Å². The minimum atomic E-state index is -0.129. The Bertz CT molecular complexity index is 550. The van der Waals surface area contributed by atoms with Gasteiger partial charge in [-0.1, -0.05) is 11.4 Å². The summed E-state index contributed by atoms with van der Waals surface area (Å²) in [5, 5.41) is 6.87. The molecule has 0 saturated carbocycles. The van der Waals surface area contributed by atoms with Crippen LogP contribution >= 0.6 is 11.5 Å². The Labute approximate surface area is 121 Å². The van der Waals surface area contributed by atoms with Gasteiger partial charge in [0.1, 0.15) is 10.6 Å². The van der Waals surface area contributed by atoms with Gasteiger partial charge in [0.05, 0.1) is 18.0 Å². The number of carbonyl (C=O) groups is 1. The predicted octanol–water partition coefficient (Wildman–Crippen LogP) is 1.73. The van der Waals surface area contributed by atoms with Gasteiger partial charge >= 0.3 is 0 Å². The van der Waals surface area contributed by atoms with Crippen molar-refractivity contribution in [1.82, 2.24) is 19.8 Å². The number of nitrogens with zero attached hydrogens (tertiary/aromatic N) is 3. The molecule has 0 fully saturated rings. The summed E-state index contributed by atoms with van der Waals surface area (Å²) < 4.78 is 9.24. The van der Waals surface area contributed by atoms with Crippen molar-refractivity contribution < 1.29 is 9.21 Å². The number of hydrogen-bond acceptors (Lipinski definition) is 6. The van der Waals surface area contributed by atoms with E-state index in [9.17, 15) is 4.79 Å². The molecule has 0 aliphatic rings. The molecule has 0 radical (unpaired) electrons. The summed E-state index contributed by atoms with van der Waals surface area (Å²) >= 11 is 1.13. The molecule has 2 heterocycles. The molecular weight excluding hydrogens is 276 g/mol. The van der Waals surface area contributed by atoms with E-state index in [0.717, 1.165) is 23.0 Å². The van der Waals surface area contributed by atoms with Crippen molar-refractivity contribution in [2.24, 2.45) is 0 Å². The third-order valence-corrected chi connectivity index (χ3v) is 3.81. The summed E-state index contributed by atoms with van der Waals surface area (Å²) in [5.74, 6) is 0.698. The first-order valence-electron chi connectivity index (χ1n) is 6.42. The number of likely N-dealkylation sites (N-methyl/N-ethyl adjacent to an activating group) is 1. The fourth-order valence-corrected chi connectivity index (χ4v) is 2.57. The topological polar surface area (TPSA) is 71.3 Å². The van der Waals surface area contributed by atoms with Gasteiger partial charge in [0.15, 0.2) is 0 Å². The van der Waals surface area contributed by atoms with Crippen LogP contribution in [-0.4, -0.2) is 41.0 Å². The van der Waals surface area contributed by atoms with E-state index < -0.39 is 0 Å². The molecule has 0 saturated heterocycles. The maximum absolute atomic E-state index is 12.2. The Morgan fingerprint density at radius 2 is 2.35 bits per heavy atom. The lowest BCUT2D eigenvalue weighted by Gasteiger charge is -2.22. The fourth-order valence-electron chi connectivity index (χ4n) is 1.90. The molecule has 108 valence electrons. The van der Waals surface area contributed by atoms with Gasteiger partial charge in [0.2, 0.25) is 0 Å². The summed E-state index contributed by atoms with van der Waals surface area (Å²) in [6.45, 7) is 2.43. The Balaban J connectivity index is 2.01. The van der Waals surface area contributed by atoms with Crippen molar-refractivity contribution in [3.8, 4) is 0 Å². The zero-order chi connectivity index (χ0) is 14.5. The van der Waals surface area contributed by atoms with Crippen LogP contribution in [0.1, 0.15) is 34.1 Å². The molecule has 20 heavy (non-hydrogen) atoms. The normalized spacial score (nSPS) is 12.6. The van der Waals surface area contributed by atoms with E-state index in [-0.39, 0.29) is 11.9 Å². The van der Waals surface area contributed by atoms with Crippen molar-refractivity contribution in [1.29, 1.82) is 0 Å². The third-order valence-electron chi connectivity index (χ3n) is 3.05. The van der Waals surface area contributed by atoms with Crippen molar-refractivity contribution in [3.63, 3.8) is 0 Å². The molecule has 2 rings (SSSR count). The molecule has 7 heteroatoms. The van der Waals surface area contributed by atoms with Crippen LogP contribution in [0.2, 0.25) is 0 Å². The quantitative estimate of drug-likeness (QED) is 0.878. The lowest BCUT2D eigenvalue weighted by molar-refractivity contribution is 0.0942. The van der Waals surface area contributed by atoms with Crippen molar-refractivity contribution in [2.45, 2.75) is 19.4 Å². The number of furan rings is 1. The third kappa shape index (κ3) is 3.23. The smallest absolute Gasteiger partial charge is 0.265 e. The van der Waals surface area contributed by atoms with Gasteiger partial charge in [-0.25, -0.2) is 0 Å². The Hall–Kier alpha value is -1.73. The summed E-state index contributed by atoms with van der Waals surface area (Å²) in [6, 6.07) is 3.75. The van der Waals surface area contributed by atoms with E-state index in [1.807, 2.05) is 38.1 Å². The zero-order valence-corrected chi connectivity index (χ0v) is 12.6. The highest BCUT2D eigenvalue weighted by Crippen LogP contribution is 2.18. The molecule has 0 spiro atoms. The molecule has 0 aliphatic heterocycles. The van der Waals surface area contributed by atoms with Crippen LogP contribution in [-0.2, 0) is 6.42 Å². The zero-order valence-electron chi connectivity index (χ0n) is 11.8. The molecule has 1 atom stereocenters. The maximum Gasteiger partial charge on any atom is 0.265 e. The minimum Gasteiger partial charge on any atom is -0.468 e. The molecule has 0 bridgehead atoms. The number of rotatable bonds is 6. The van der Waals surface area contributed by atoms with Gasteiger partial charge in [-0.2, -0.15) is 0 Å². The highest BCUT2D eigenvalue weighted by atomic mass is 32.1. The number of nitrogens with one attached hydrogen (secondary N) is 1. The molecule has 0 aromatic carbocycles. The van der Waals surface area contributed by atoms with Crippen LogP contribution in [0.3, 0.4) is 0 Å². The van der Waals surface area contributed by atoms with E-state index in [0.29, 0.717) is 17.8 Å². The number of aromatic nitrogens is 2. The molecule has 0 unspecified atom stereocenters. The molecule has 6 nitrogen and oxygen atoms in total. The van der Waals surface area contributed by atoms with Gasteiger partial charge < -0.3 is 9.73 Å². The monoisotopic (exact) mass is 294 g/mol. The van der Waals surface area contributed by atoms with Gasteiger partial charge in [0.25, 0.3) is 5.91 Å². The van der Waals surface area contributed by atoms with Crippen LogP contribution in [0.4, 0.5) is 0 Å². The Kier molecular flexibility index (Phi) is 4.86. The lowest BCUT2D eigenvalue weighted by atomic mass is 10.2. The highest BCUT2D eigenvalue weighted by Gasteiger charge is 2.20. The number of carbonyl (C=O) groups excluding carboxylic acids is 1. The number of amides is 1. The molecule has 0 aliphatic carbocycles. The number of aryl methyl sites for hydroxylation is 1. The van der Waals surface area contributed by atoms with Crippen molar-refractivity contribution >= 4 is 17.4 Å². The Morgan fingerprint density at radius 1 is 1.55 bits per heavy atom. The molecule has 1 N–H and O–H groups in total. The second-order valence-corrected chi connectivity index (χ2v) is 5.36. The van der Waals surface area contributed by atoms with Crippen molar-refractivity contribution in [2.75, 3.05) is 20.6 Å². The van der Waals surface area contributed by atoms with Crippen LogP contribution in [0.15, 0.2) is 22.8 Å². The van der Waals surface area contributed by atoms with E-state index in [2.05, 4.69) is 14.9 Å². The predicted molar refractivity (Wildman–Crippen MR) is 76.8 cm³/mol. The van der Waals surface area contributed by atoms with Crippen LogP contribution in [0.25, 0.3) is 0 Å². The average molecular weight is 294 g/mol. The standard InChI is InChI=1S/C13H18N4O2S/c1-4-9-12(20-16-15-9)13(18)14-8-10(17(2)3)11-6-5-7-19-11/h5-7,10H,4,8H2,1-3H3,(H,14,18)/t10-/m0/s1. The molecule has 1 amide bonds. The van der Waals surface area contributed by atoms with Gasteiger partial charge in [-0.3, -0.25) is 9.69 Å². The van der Waals surface area contributed by atoms with E-state index in [1.165, 1.54) is 0 Å². The SMILES string of the molecule is CCc1nnsc1C(=O)NC[C@@H](c1ccco1)N(C)C. The summed E-state index contributed by atoms with van der Waals surface area (Å²) in [4.78, 5) is 14.7. The first kappa shape index (κ1) is 14.7. The molecule has 2 aromatic rings. The first-order chi connectivity index (χ1) is 9.63. The number of hydrogen-bond donors (Lipinski definition) is 1. The largest absolute Gasteiger partial charge is 0.468 e. The van der Waals surface area contributed by atoms with Gasteiger partial charge in [-0.15, -0.1) is 5.10 Å². The lowest BCUT2D eigenvalue weighted by Crippen LogP contribution is -2.34. The Morgan fingerprint density at radius 3 is 2.95 bits per heavy atom. The van der Waals surface area contributed by atoms with Crippen LogP contribution in [0, 0.1) is 0 Å². The van der Waals surface area contributed by atoms with E-state index in [4.69, 9.17) is 4.42 Å². The molecule has 2 aromatic heterocycles. The molecular formula is C13H18N4O2S.